The van der Waals surface area contributed by atoms with Crippen LogP contribution in [0.1, 0.15) is 5.89 Å². The van der Waals surface area contributed by atoms with Crippen LogP contribution in [0, 0.1) is 0 Å². The SMILES string of the molecule is CN1CCOC(CNCc2nc(-c3ccccn3)no2)C1. The highest BCUT2D eigenvalue weighted by Crippen LogP contribution is 2.11. The predicted molar refractivity (Wildman–Crippen MR) is 76.5 cm³/mol. The minimum atomic E-state index is 0.210. The van der Waals surface area contributed by atoms with Crippen LogP contribution >= 0.6 is 0 Å². The van der Waals surface area contributed by atoms with Crippen LogP contribution in [0.5, 0.6) is 0 Å². The largest absolute Gasteiger partial charge is 0.374 e. The van der Waals surface area contributed by atoms with Crippen LogP contribution < -0.4 is 5.32 Å². The lowest BCUT2D eigenvalue weighted by molar-refractivity contribution is -0.0184. The molecule has 0 spiro atoms. The van der Waals surface area contributed by atoms with E-state index in [0.717, 1.165) is 26.2 Å². The summed E-state index contributed by atoms with van der Waals surface area (Å²) < 4.78 is 10.9. The maximum atomic E-state index is 5.68. The van der Waals surface area contributed by atoms with Gasteiger partial charge in [-0.1, -0.05) is 11.2 Å². The van der Waals surface area contributed by atoms with Gasteiger partial charge in [-0.15, -0.1) is 0 Å². The van der Waals surface area contributed by atoms with Gasteiger partial charge in [-0.2, -0.15) is 4.98 Å². The summed E-state index contributed by atoms with van der Waals surface area (Å²) in [6, 6.07) is 5.61. The average Bonchev–Trinajstić information content (AvgIpc) is 2.97. The molecule has 1 fully saturated rings. The van der Waals surface area contributed by atoms with E-state index in [-0.39, 0.29) is 6.10 Å². The molecule has 0 radical (unpaired) electrons. The highest BCUT2D eigenvalue weighted by Gasteiger charge is 2.17. The zero-order valence-corrected chi connectivity index (χ0v) is 12.0. The van der Waals surface area contributed by atoms with Crippen LogP contribution in [0.2, 0.25) is 0 Å². The summed E-state index contributed by atoms with van der Waals surface area (Å²) in [6.45, 7) is 4.02. The summed E-state index contributed by atoms with van der Waals surface area (Å²) in [7, 11) is 2.10. The Kier molecular flexibility index (Phi) is 4.54. The molecule has 1 aliphatic heterocycles. The fraction of sp³-hybridized carbons (Fsp3) is 0.500. The summed E-state index contributed by atoms with van der Waals surface area (Å²) in [4.78, 5) is 10.8. The van der Waals surface area contributed by atoms with Gasteiger partial charge >= 0.3 is 0 Å². The second-order valence-corrected chi connectivity index (χ2v) is 5.11. The van der Waals surface area contributed by atoms with Gasteiger partial charge in [0.1, 0.15) is 5.69 Å². The lowest BCUT2D eigenvalue weighted by Crippen LogP contribution is -2.44. The smallest absolute Gasteiger partial charge is 0.240 e. The fourth-order valence-electron chi connectivity index (χ4n) is 2.26. The Bertz CT molecular complexity index is 560. The Morgan fingerprint density at radius 2 is 2.38 bits per heavy atom. The molecule has 7 heteroatoms. The number of nitrogens with one attached hydrogen (secondary N) is 1. The molecule has 3 rings (SSSR count). The number of pyridine rings is 1. The second-order valence-electron chi connectivity index (χ2n) is 5.11. The van der Waals surface area contributed by atoms with Crippen molar-refractivity contribution in [3.05, 3.63) is 30.3 Å². The standard InChI is InChI=1S/C14H19N5O2/c1-19-6-7-20-11(10-19)8-15-9-13-17-14(18-21-13)12-4-2-3-5-16-12/h2-5,11,15H,6-10H2,1H3. The number of ether oxygens (including phenoxy) is 1. The molecule has 1 N–H and O–H groups in total. The Morgan fingerprint density at radius 1 is 1.43 bits per heavy atom. The molecule has 2 aromatic rings. The third-order valence-electron chi connectivity index (χ3n) is 3.35. The molecule has 2 aromatic heterocycles. The van der Waals surface area contributed by atoms with E-state index in [1.807, 2.05) is 18.2 Å². The highest BCUT2D eigenvalue weighted by atomic mass is 16.5. The van der Waals surface area contributed by atoms with E-state index in [4.69, 9.17) is 9.26 Å². The van der Waals surface area contributed by atoms with Crippen LogP contribution in [0.3, 0.4) is 0 Å². The quantitative estimate of drug-likeness (QED) is 0.861. The molecule has 0 saturated carbocycles. The van der Waals surface area contributed by atoms with Crippen LogP contribution in [0.25, 0.3) is 11.5 Å². The van der Waals surface area contributed by atoms with E-state index in [9.17, 15) is 0 Å². The lowest BCUT2D eigenvalue weighted by Gasteiger charge is -2.30. The van der Waals surface area contributed by atoms with Gasteiger partial charge in [0, 0.05) is 25.8 Å². The van der Waals surface area contributed by atoms with Gasteiger partial charge in [0.05, 0.1) is 19.3 Å². The molecular formula is C14H19N5O2. The topological polar surface area (TPSA) is 76.3 Å². The molecule has 7 nitrogen and oxygen atoms in total. The number of aromatic nitrogens is 3. The maximum absolute atomic E-state index is 5.68. The number of rotatable bonds is 5. The third kappa shape index (κ3) is 3.84. The highest BCUT2D eigenvalue weighted by molar-refractivity contribution is 5.46. The van der Waals surface area contributed by atoms with E-state index >= 15 is 0 Å². The Morgan fingerprint density at radius 3 is 3.19 bits per heavy atom. The van der Waals surface area contributed by atoms with Crippen molar-refractivity contribution in [2.24, 2.45) is 0 Å². The van der Waals surface area contributed by atoms with Gasteiger partial charge in [0.2, 0.25) is 11.7 Å². The van der Waals surface area contributed by atoms with E-state index in [1.165, 1.54) is 0 Å². The number of likely N-dealkylation sites (N-methyl/N-ethyl adjacent to an activating group) is 1. The van der Waals surface area contributed by atoms with Gasteiger partial charge in [-0.05, 0) is 19.2 Å². The van der Waals surface area contributed by atoms with Crippen molar-refractivity contribution in [2.75, 3.05) is 33.3 Å². The van der Waals surface area contributed by atoms with Crippen molar-refractivity contribution in [2.45, 2.75) is 12.6 Å². The van der Waals surface area contributed by atoms with Gasteiger partial charge in [0.25, 0.3) is 0 Å². The third-order valence-corrected chi connectivity index (χ3v) is 3.35. The lowest BCUT2D eigenvalue weighted by atomic mass is 10.3. The van der Waals surface area contributed by atoms with Gasteiger partial charge < -0.3 is 19.5 Å². The number of morpholine rings is 1. The van der Waals surface area contributed by atoms with E-state index < -0.39 is 0 Å². The molecule has 1 unspecified atom stereocenters. The molecule has 1 atom stereocenters. The monoisotopic (exact) mass is 289 g/mol. The molecule has 1 saturated heterocycles. The average molecular weight is 289 g/mol. The Hall–Kier alpha value is -1.83. The number of hydrogen-bond donors (Lipinski definition) is 1. The van der Waals surface area contributed by atoms with Crippen molar-refractivity contribution in [1.29, 1.82) is 0 Å². The first kappa shape index (κ1) is 14.1. The molecule has 3 heterocycles. The molecule has 21 heavy (non-hydrogen) atoms. The molecular weight excluding hydrogens is 270 g/mol. The summed E-state index contributed by atoms with van der Waals surface area (Å²) in [6.07, 6.45) is 1.92. The van der Waals surface area contributed by atoms with Crippen molar-refractivity contribution in [1.82, 2.24) is 25.3 Å². The first-order chi connectivity index (χ1) is 10.3. The van der Waals surface area contributed by atoms with Crippen LogP contribution in [0.4, 0.5) is 0 Å². The van der Waals surface area contributed by atoms with Crippen molar-refractivity contribution in [3.63, 3.8) is 0 Å². The van der Waals surface area contributed by atoms with Crippen molar-refractivity contribution in [3.8, 4) is 11.5 Å². The van der Waals surface area contributed by atoms with Gasteiger partial charge in [-0.3, -0.25) is 4.98 Å². The molecule has 0 aliphatic carbocycles. The summed E-state index contributed by atoms with van der Waals surface area (Å²) >= 11 is 0. The van der Waals surface area contributed by atoms with Crippen LogP contribution in [-0.4, -0.2) is 59.4 Å². The Labute approximate surface area is 123 Å². The Balaban J connectivity index is 1.49. The van der Waals surface area contributed by atoms with Crippen molar-refractivity contribution >= 4 is 0 Å². The molecule has 1 aliphatic rings. The maximum Gasteiger partial charge on any atom is 0.240 e. The second kappa shape index (κ2) is 6.75. The number of nitrogens with zero attached hydrogens (tertiary/aromatic N) is 4. The minimum absolute atomic E-state index is 0.210. The predicted octanol–water partition coefficient (Wildman–Crippen LogP) is 0.552. The van der Waals surface area contributed by atoms with Gasteiger partial charge in [-0.25, -0.2) is 0 Å². The first-order valence-electron chi connectivity index (χ1n) is 7.06. The molecule has 0 aromatic carbocycles. The summed E-state index contributed by atoms with van der Waals surface area (Å²) in [5.41, 5.74) is 0.713. The zero-order chi connectivity index (χ0) is 14.5. The van der Waals surface area contributed by atoms with E-state index in [1.54, 1.807) is 6.20 Å². The van der Waals surface area contributed by atoms with Crippen LogP contribution in [-0.2, 0) is 11.3 Å². The zero-order valence-electron chi connectivity index (χ0n) is 12.0. The van der Waals surface area contributed by atoms with Crippen molar-refractivity contribution < 1.29 is 9.26 Å². The summed E-state index contributed by atoms with van der Waals surface area (Å²) in [5, 5.41) is 7.22. The molecule has 0 bridgehead atoms. The minimum Gasteiger partial charge on any atom is -0.374 e. The first-order valence-corrected chi connectivity index (χ1v) is 7.06. The molecule has 0 amide bonds. The van der Waals surface area contributed by atoms with Crippen LogP contribution in [0.15, 0.2) is 28.9 Å². The number of hydrogen-bond acceptors (Lipinski definition) is 7. The summed E-state index contributed by atoms with van der Waals surface area (Å²) in [5.74, 6) is 1.07. The van der Waals surface area contributed by atoms with E-state index in [0.29, 0.717) is 24.0 Å². The van der Waals surface area contributed by atoms with E-state index in [2.05, 4.69) is 32.4 Å². The molecule has 112 valence electrons. The van der Waals surface area contributed by atoms with Gasteiger partial charge in [0.15, 0.2) is 0 Å². The fourth-order valence-corrected chi connectivity index (χ4v) is 2.26. The normalized spacial score (nSPS) is 19.8.